The van der Waals surface area contributed by atoms with E-state index in [-0.39, 0.29) is 0 Å². The van der Waals surface area contributed by atoms with Gasteiger partial charge in [-0.05, 0) is 26.7 Å². The molecule has 3 heteroatoms. The Balaban J connectivity index is 2.89. The highest BCUT2D eigenvalue weighted by Gasteiger charge is 2.04. The van der Waals surface area contributed by atoms with E-state index in [0.29, 0.717) is 0 Å². The summed E-state index contributed by atoms with van der Waals surface area (Å²) < 4.78 is 1.98. The first kappa shape index (κ1) is 9.82. The van der Waals surface area contributed by atoms with Crippen molar-refractivity contribution in [3.63, 3.8) is 0 Å². The Labute approximate surface area is 79.0 Å². The zero-order valence-corrected chi connectivity index (χ0v) is 8.33. The molecule has 1 aromatic rings. The molecule has 0 saturated carbocycles. The van der Waals surface area contributed by atoms with Crippen molar-refractivity contribution in [1.29, 1.82) is 0 Å². The number of hydrogen-bond acceptors (Lipinski definition) is 2. The predicted octanol–water partition coefficient (Wildman–Crippen LogP) is 0.992. The minimum absolute atomic E-state index is 0.454. The lowest BCUT2D eigenvalue weighted by atomic mass is 10.1. The Kier molecular flexibility index (Phi) is 2.74. The Hall–Kier alpha value is -1.27. The molecule has 2 N–H and O–H groups in total. The highest BCUT2D eigenvalue weighted by molar-refractivity contribution is 5.26. The second-order valence-electron chi connectivity index (χ2n) is 3.51. The van der Waals surface area contributed by atoms with Gasteiger partial charge in [0.15, 0.2) is 5.82 Å². The number of nitrogens with zero attached hydrogens (tertiary/aromatic N) is 2. The normalized spacial score (nSPS) is 10.8. The van der Waals surface area contributed by atoms with Crippen LogP contribution in [0.5, 0.6) is 0 Å². The summed E-state index contributed by atoms with van der Waals surface area (Å²) in [4.78, 5) is 4.12. The van der Waals surface area contributed by atoms with E-state index in [0.717, 1.165) is 12.4 Å². The van der Waals surface area contributed by atoms with Gasteiger partial charge in [0.05, 0.1) is 5.54 Å². The summed E-state index contributed by atoms with van der Waals surface area (Å²) in [6, 6.07) is 0. The first-order valence-electron chi connectivity index (χ1n) is 4.36. The van der Waals surface area contributed by atoms with Crippen LogP contribution in [0.25, 0.3) is 0 Å². The third kappa shape index (κ3) is 2.92. The van der Waals surface area contributed by atoms with E-state index in [2.05, 4.69) is 23.7 Å². The molecule has 70 valence electrons. The fourth-order valence-corrected chi connectivity index (χ4v) is 0.905. The van der Waals surface area contributed by atoms with Gasteiger partial charge < -0.3 is 10.3 Å². The molecule has 0 atom stereocenters. The molecule has 0 fully saturated rings. The monoisotopic (exact) mass is 177 g/mol. The first-order valence-corrected chi connectivity index (χ1v) is 4.36. The van der Waals surface area contributed by atoms with Gasteiger partial charge in [-0.3, -0.25) is 0 Å². The van der Waals surface area contributed by atoms with Crippen molar-refractivity contribution in [2.24, 2.45) is 5.73 Å². The quantitative estimate of drug-likeness (QED) is 0.650. The van der Waals surface area contributed by atoms with E-state index in [4.69, 9.17) is 5.73 Å². The second kappa shape index (κ2) is 3.63. The molecule has 13 heavy (non-hydrogen) atoms. The first-order chi connectivity index (χ1) is 6.03. The smallest absolute Gasteiger partial charge is 0.185 e. The Bertz CT molecular complexity index is 333. The van der Waals surface area contributed by atoms with Crippen LogP contribution in [0, 0.1) is 11.8 Å². The van der Waals surface area contributed by atoms with E-state index < -0.39 is 5.54 Å². The summed E-state index contributed by atoms with van der Waals surface area (Å²) in [5.41, 5.74) is 5.28. The van der Waals surface area contributed by atoms with Gasteiger partial charge in [0, 0.05) is 18.9 Å². The van der Waals surface area contributed by atoms with Gasteiger partial charge in [-0.1, -0.05) is 5.92 Å². The molecule has 0 aliphatic carbocycles. The Morgan fingerprint density at radius 2 is 2.31 bits per heavy atom. The summed E-state index contributed by atoms with van der Waals surface area (Å²) in [6.07, 6.45) is 3.66. The van der Waals surface area contributed by atoms with Crippen LogP contribution in [0.15, 0.2) is 12.4 Å². The molecule has 0 unspecified atom stereocenters. The molecule has 1 aromatic heterocycles. The van der Waals surface area contributed by atoms with Crippen molar-refractivity contribution in [3.05, 3.63) is 18.2 Å². The number of nitrogens with two attached hydrogens (primary N) is 1. The van der Waals surface area contributed by atoms with Gasteiger partial charge in [0.1, 0.15) is 0 Å². The minimum atomic E-state index is -0.454. The molecule has 0 aliphatic heterocycles. The maximum absolute atomic E-state index is 5.73. The van der Waals surface area contributed by atoms with Crippen LogP contribution < -0.4 is 5.73 Å². The number of imidazole rings is 1. The Morgan fingerprint density at radius 3 is 2.85 bits per heavy atom. The van der Waals surface area contributed by atoms with Crippen LogP contribution in [0.4, 0.5) is 0 Å². The molecule has 3 nitrogen and oxygen atoms in total. The molecule has 0 amide bonds. The second-order valence-corrected chi connectivity index (χ2v) is 3.51. The third-order valence-electron chi connectivity index (χ3n) is 1.55. The molecule has 1 rings (SSSR count). The van der Waals surface area contributed by atoms with Crippen LogP contribution in [-0.4, -0.2) is 15.1 Å². The summed E-state index contributed by atoms with van der Waals surface area (Å²) in [7, 11) is 0. The molecular formula is C10H15N3. The average Bonchev–Trinajstić information content (AvgIpc) is 2.46. The summed E-state index contributed by atoms with van der Waals surface area (Å²) in [5.74, 6) is 6.68. The maximum atomic E-state index is 5.73. The van der Waals surface area contributed by atoms with Crippen molar-refractivity contribution in [2.75, 3.05) is 0 Å². The standard InChI is InChI=1S/C10H15N3/c1-4-13-8-7-12-9(13)5-6-10(2,3)11/h7-8H,4,11H2,1-3H3. The van der Waals surface area contributed by atoms with Crippen molar-refractivity contribution >= 4 is 0 Å². The SMILES string of the molecule is CCn1ccnc1C#CC(C)(C)N. The molecule has 1 heterocycles. The summed E-state index contributed by atoms with van der Waals surface area (Å²) in [6.45, 7) is 6.69. The van der Waals surface area contributed by atoms with Crippen LogP contribution in [0.3, 0.4) is 0 Å². The van der Waals surface area contributed by atoms with Gasteiger partial charge in [0.2, 0.25) is 0 Å². The Morgan fingerprint density at radius 1 is 1.62 bits per heavy atom. The number of aryl methyl sites for hydroxylation is 1. The van der Waals surface area contributed by atoms with E-state index >= 15 is 0 Å². The van der Waals surface area contributed by atoms with Gasteiger partial charge >= 0.3 is 0 Å². The average molecular weight is 177 g/mol. The predicted molar refractivity (Wildman–Crippen MR) is 53.0 cm³/mol. The topological polar surface area (TPSA) is 43.8 Å². The number of rotatable bonds is 1. The van der Waals surface area contributed by atoms with Crippen molar-refractivity contribution in [2.45, 2.75) is 32.9 Å². The molecular weight excluding hydrogens is 162 g/mol. The fourth-order valence-electron chi connectivity index (χ4n) is 0.905. The van der Waals surface area contributed by atoms with E-state index in [1.807, 2.05) is 24.6 Å². The molecule has 0 spiro atoms. The van der Waals surface area contributed by atoms with Gasteiger partial charge in [-0.2, -0.15) is 0 Å². The number of hydrogen-bond donors (Lipinski definition) is 1. The van der Waals surface area contributed by atoms with Crippen LogP contribution >= 0.6 is 0 Å². The van der Waals surface area contributed by atoms with Crippen LogP contribution in [-0.2, 0) is 6.54 Å². The van der Waals surface area contributed by atoms with E-state index in [1.54, 1.807) is 6.20 Å². The lowest BCUT2D eigenvalue weighted by molar-refractivity contribution is 0.679. The third-order valence-corrected chi connectivity index (χ3v) is 1.55. The minimum Gasteiger partial charge on any atom is -0.325 e. The van der Waals surface area contributed by atoms with Crippen LogP contribution in [0.2, 0.25) is 0 Å². The molecule has 0 bridgehead atoms. The summed E-state index contributed by atoms with van der Waals surface area (Å²) in [5, 5.41) is 0. The summed E-state index contributed by atoms with van der Waals surface area (Å²) >= 11 is 0. The largest absolute Gasteiger partial charge is 0.325 e. The van der Waals surface area contributed by atoms with Gasteiger partial charge in [-0.25, -0.2) is 4.98 Å². The van der Waals surface area contributed by atoms with Gasteiger partial charge in [-0.15, -0.1) is 0 Å². The zero-order valence-electron chi connectivity index (χ0n) is 8.33. The lowest BCUT2D eigenvalue weighted by Gasteiger charge is -2.07. The van der Waals surface area contributed by atoms with E-state index in [1.165, 1.54) is 0 Å². The van der Waals surface area contributed by atoms with Crippen LogP contribution in [0.1, 0.15) is 26.6 Å². The lowest BCUT2D eigenvalue weighted by Crippen LogP contribution is -2.29. The molecule has 0 aliphatic rings. The molecule has 0 saturated heterocycles. The van der Waals surface area contributed by atoms with E-state index in [9.17, 15) is 0 Å². The molecule has 0 aromatic carbocycles. The zero-order chi connectivity index (χ0) is 9.90. The number of aromatic nitrogens is 2. The molecule has 0 radical (unpaired) electrons. The maximum Gasteiger partial charge on any atom is 0.185 e. The highest BCUT2D eigenvalue weighted by Crippen LogP contribution is 1.97. The van der Waals surface area contributed by atoms with Crippen molar-refractivity contribution in [1.82, 2.24) is 9.55 Å². The highest BCUT2D eigenvalue weighted by atomic mass is 15.0. The van der Waals surface area contributed by atoms with Gasteiger partial charge in [0.25, 0.3) is 0 Å². The van der Waals surface area contributed by atoms with Crippen molar-refractivity contribution in [3.8, 4) is 11.8 Å². The fraction of sp³-hybridized carbons (Fsp3) is 0.500. The van der Waals surface area contributed by atoms with Crippen molar-refractivity contribution < 1.29 is 0 Å².